The number of ketones is 2. The van der Waals surface area contributed by atoms with E-state index in [-0.39, 0.29) is 36.0 Å². The normalized spacial score (nSPS) is 9.79. The van der Waals surface area contributed by atoms with E-state index in [1.165, 1.54) is 26.0 Å². The second kappa shape index (κ2) is 15.2. The van der Waals surface area contributed by atoms with Crippen LogP contribution < -0.4 is 10.6 Å². The van der Waals surface area contributed by atoms with Crippen molar-refractivity contribution in [1.29, 1.82) is 0 Å². The minimum atomic E-state index is -0.475. The molecule has 0 spiro atoms. The molecule has 0 aliphatic carbocycles. The third-order valence-electron chi connectivity index (χ3n) is 2.73. The van der Waals surface area contributed by atoms with E-state index in [1.54, 1.807) is 27.7 Å². The molecule has 8 heteroatoms. The van der Waals surface area contributed by atoms with Gasteiger partial charge in [-0.3, -0.25) is 28.8 Å². The van der Waals surface area contributed by atoms with Crippen molar-refractivity contribution in [1.82, 2.24) is 10.6 Å². The Labute approximate surface area is 166 Å². The van der Waals surface area contributed by atoms with Crippen LogP contribution in [0.15, 0.2) is 25.3 Å². The highest BCUT2D eigenvalue weighted by Gasteiger charge is 2.21. The molecule has 2 amide bonds. The van der Waals surface area contributed by atoms with Crippen molar-refractivity contribution >= 4 is 36.0 Å². The van der Waals surface area contributed by atoms with Crippen molar-refractivity contribution < 1.29 is 28.8 Å². The molecule has 0 atom stereocenters. The van der Waals surface area contributed by atoms with Crippen LogP contribution >= 0.6 is 0 Å². The quantitative estimate of drug-likeness (QED) is 0.345. The van der Waals surface area contributed by atoms with Crippen molar-refractivity contribution in [3.05, 3.63) is 25.3 Å². The van der Waals surface area contributed by atoms with Crippen LogP contribution in [0.2, 0.25) is 0 Å². The SMILES string of the molecule is C=CC(=O)NC(C)(C)CC(C)=O.C=CC(=O)NC(C)(C)CC(C)=O.O=CC=O. The summed E-state index contributed by atoms with van der Waals surface area (Å²) in [5.41, 5.74) is -0.950. The number of carbonyl (C=O) groups excluding carboxylic acids is 6. The van der Waals surface area contributed by atoms with Gasteiger partial charge >= 0.3 is 0 Å². The highest BCUT2D eigenvalue weighted by Crippen LogP contribution is 2.08. The molecule has 0 fully saturated rings. The Morgan fingerprint density at radius 3 is 1.11 bits per heavy atom. The standard InChI is InChI=1S/2C9H15NO2.C2H2O2/c2*1-5-8(12)10-9(3,4)6-7(2)11;3-1-2-4/h2*5H,1,6H2,2-4H3,(H,10,12);1-2H. The first-order valence-electron chi connectivity index (χ1n) is 8.43. The largest absolute Gasteiger partial charge is 0.347 e. The molecule has 0 saturated carbocycles. The van der Waals surface area contributed by atoms with Crippen molar-refractivity contribution in [2.45, 2.75) is 65.5 Å². The molecule has 28 heavy (non-hydrogen) atoms. The number of amides is 2. The molecular formula is C20H32N2O6. The predicted octanol–water partition coefficient (Wildman–Crippen LogP) is 1.48. The monoisotopic (exact) mass is 396 g/mol. The van der Waals surface area contributed by atoms with Crippen LogP contribution in [0.1, 0.15) is 54.4 Å². The number of rotatable bonds is 9. The predicted molar refractivity (Wildman–Crippen MR) is 108 cm³/mol. The number of hydrogen-bond donors (Lipinski definition) is 2. The molecule has 0 aliphatic rings. The summed E-state index contributed by atoms with van der Waals surface area (Å²) in [6, 6.07) is 0. The van der Waals surface area contributed by atoms with Gasteiger partial charge in [0.15, 0.2) is 12.6 Å². The minimum absolute atomic E-state index is 0.0596. The molecule has 0 radical (unpaired) electrons. The van der Waals surface area contributed by atoms with Gasteiger partial charge < -0.3 is 10.6 Å². The summed E-state index contributed by atoms with van der Waals surface area (Å²) < 4.78 is 0. The van der Waals surface area contributed by atoms with Crippen LogP contribution in [-0.4, -0.2) is 47.0 Å². The summed E-state index contributed by atoms with van der Waals surface area (Å²) in [6.07, 6.45) is 3.46. The molecule has 0 aliphatic heterocycles. The summed E-state index contributed by atoms with van der Waals surface area (Å²) in [5, 5.41) is 5.32. The van der Waals surface area contributed by atoms with E-state index in [0.717, 1.165) is 0 Å². The second-order valence-electron chi connectivity index (χ2n) is 7.18. The maximum absolute atomic E-state index is 10.9. The number of nitrogens with one attached hydrogen (secondary N) is 2. The smallest absolute Gasteiger partial charge is 0.243 e. The zero-order valence-electron chi connectivity index (χ0n) is 17.6. The Morgan fingerprint density at radius 2 is 0.964 bits per heavy atom. The Bertz CT molecular complexity index is 540. The third-order valence-corrected chi connectivity index (χ3v) is 2.73. The van der Waals surface area contributed by atoms with Gasteiger partial charge in [0.25, 0.3) is 0 Å². The van der Waals surface area contributed by atoms with E-state index in [1.807, 2.05) is 0 Å². The summed E-state index contributed by atoms with van der Waals surface area (Å²) in [4.78, 5) is 60.9. The fraction of sp³-hybridized carbons (Fsp3) is 0.500. The number of carbonyl (C=O) groups is 6. The van der Waals surface area contributed by atoms with Gasteiger partial charge in [0.2, 0.25) is 11.8 Å². The van der Waals surface area contributed by atoms with E-state index in [2.05, 4.69) is 23.8 Å². The van der Waals surface area contributed by atoms with E-state index in [9.17, 15) is 19.2 Å². The molecule has 0 bridgehead atoms. The van der Waals surface area contributed by atoms with Crippen molar-refractivity contribution in [2.24, 2.45) is 0 Å². The van der Waals surface area contributed by atoms with E-state index in [0.29, 0.717) is 12.8 Å². The van der Waals surface area contributed by atoms with Crippen LogP contribution in [0.5, 0.6) is 0 Å². The van der Waals surface area contributed by atoms with Gasteiger partial charge in [-0.15, -0.1) is 0 Å². The Morgan fingerprint density at radius 1 is 0.714 bits per heavy atom. The van der Waals surface area contributed by atoms with Gasteiger partial charge in [0.1, 0.15) is 11.6 Å². The summed E-state index contributed by atoms with van der Waals surface area (Å²) in [7, 11) is 0. The highest BCUT2D eigenvalue weighted by atomic mass is 16.2. The minimum Gasteiger partial charge on any atom is -0.347 e. The first-order valence-corrected chi connectivity index (χ1v) is 8.43. The molecule has 0 aromatic rings. The lowest BCUT2D eigenvalue weighted by molar-refractivity contribution is -0.122. The zero-order valence-corrected chi connectivity index (χ0v) is 17.6. The lowest BCUT2D eigenvalue weighted by Crippen LogP contribution is -2.43. The lowest BCUT2D eigenvalue weighted by atomic mass is 9.98. The van der Waals surface area contributed by atoms with Gasteiger partial charge in [-0.2, -0.15) is 0 Å². The molecule has 0 aromatic carbocycles. The third kappa shape index (κ3) is 23.1. The molecule has 0 rings (SSSR count). The Kier molecular flexibility index (Phi) is 16.2. The van der Waals surface area contributed by atoms with Crippen LogP contribution in [0.4, 0.5) is 0 Å². The molecule has 0 aromatic heterocycles. The number of Topliss-reactive ketones (excluding diaryl/α,β-unsaturated/α-hetero) is 2. The first-order chi connectivity index (χ1) is 12.7. The molecule has 8 nitrogen and oxygen atoms in total. The van der Waals surface area contributed by atoms with E-state index in [4.69, 9.17) is 9.59 Å². The average Bonchev–Trinajstić information content (AvgIpc) is 2.51. The fourth-order valence-electron chi connectivity index (χ4n) is 2.10. The highest BCUT2D eigenvalue weighted by molar-refractivity contribution is 6.09. The van der Waals surface area contributed by atoms with Gasteiger partial charge in [-0.1, -0.05) is 13.2 Å². The van der Waals surface area contributed by atoms with Gasteiger partial charge in [0, 0.05) is 23.9 Å². The van der Waals surface area contributed by atoms with Gasteiger partial charge in [-0.25, -0.2) is 0 Å². The summed E-state index contributed by atoms with van der Waals surface area (Å²) in [5.74, 6) is -0.378. The molecular weight excluding hydrogens is 364 g/mol. The van der Waals surface area contributed by atoms with Crippen LogP contribution in [-0.2, 0) is 28.8 Å². The first kappa shape index (κ1) is 29.8. The van der Waals surface area contributed by atoms with E-state index >= 15 is 0 Å². The number of aldehydes is 2. The summed E-state index contributed by atoms with van der Waals surface area (Å²) >= 11 is 0. The molecule has 158 valence electrons. The molecule has 2 N–H and O–H groups in total. The Hall–Kier alpha value is -2.90. The van der Waals surface area contributed by atoms with Crippen molar-refractivity contribution in [3.63, 3.8) is 0 Å². The summed E-state index contributed by atoms with van der Waals surface area (Å²) in [6.45, 7) is 16.9. The molecule has 0 saturated heterocycles. The van der Waals surface area contributed by atoms with E-state index < -0.39 is 11.1 Å². The molecule has 0 unspecified atom stereocenters. The van der Waals surface area contributed by atoms with Gasteiger partial charge in [0.05, 0.1) is 0 Å². The Balaban J connectivity index is -0.000000375. The topological polar surface area (TPSA) is 126 Å². The van der Waals surface area contributed by atoms with Crippen LogP contribution in [0.3, 0.4) is 0 Å². The number of hydrogen-bond acceptors (Lipinski definition) is 6. The molecule has 0 heterocycles. The zero-order chi connectivity index (χ0) is 23.0. The lowest BCUT2D eigenvalue weighted by Gasteiger charge is -2.23. The van der Waals surface area contributed by atoms with Crippen molar-refractivity contribution in [3.8, 4) is 0 Å². The fourth-order valence-corrected chi connectivity index (χ4v) is 2.10. The second-order valence-corrected chi connectivity index (χ2v) is 7.18. The van der Waals surface area contributed by atoms with Gasteiger partial charge in [-0.05, 0) is 53.7 Å². The maximum Gasteiger partial charge on any atom is 0.243 e. The van der Waals surface area contributed by atoms with Crippen molar-refractivity contribution in [2.75, 3.05) is 0 Å². The maximum atomic E-state index is 10.9. The van der Waals surface area contributed by atoms with Crippen LogP contribution in [0.25, 0.3) is 0 Å². The van der Waals surface area contributed by atoms with Crippen LogP contribution in [0, 0.1) is 0 Å². The average molecular weight is 396 g/mol.